The number of ketones is 1. The Morgan fingerprint density at radius 2 is 1.71 bits per heavy atom. The Hall–Kier alpha value is -2.84. The molecule has 1 aliphatic rings. The number of hydrogen-bond acceptors (Lipinski definition) is 4. The molecule has 0 bridgehead atoms. The van der Waals surface area contributed by atoms with Gasteiger partial charge in [0.1, 0.15) is 11.6 Å². The molecule has 0 spiro atoms. The van der Waals surface area contributed by atoms with Gasteiger partial charge in [-0.15, -0.1) is 0 Å². The van der Waals surface area contributed by atoms with Crippen molar-refractivity contribution in [2.75, 3.05) is 0 Å². The second kappa shape index (κ2) is 8.72. The Bertz CT molecular complexity index is 1180. The molecule has 3 aromatic rings. The van der Waals surface area contributed by atoms with E-state index in [1.54, 1.807) is 28.9 Å². The zero-order valence-electron chi connectivity index (χ0n) is 17.0. The normalized spacial score (nSPS) is 14.8. The van der Waals surface area contributed by atoms with E-state index in [4.69, 9.17) is 5.14 Å². The molecule has 2 aromatic carbocycles. The molecule has 0 aliphatic heterocycles. The van der Waals surface area contributed by atoms with Gasteiger partial charge in [-0.05, 0) is 73.9 Å². The molecule has 8 heteroatoms. The number of aryl methyl sites for hydroxylation is 1. The van der Waals surface area contributed by atoms with E-state index in [1.807, 2.05) is 6.07 Å². The van der Waals surface area contributed by atoms with Gasteiger partial charge in [-0.25, -0.2) is 22.6 Å². The summed E-state index contributed by atoms with van der Waals surface area (Å²) < 4.78 is 38.2. The third-order valence-electron chi connectivity index (χ3n) is 5.75. The monoisotopic (exact) mass is 441 g/mol. The van der Waals surface area contributed by atoms with Gasteiger partial charge in [0.05, 0.1) is 22.0 Å². The fraction of sp³-hybridized carbons (Fsp3) is 0.304. The van der Waals surface area contributed by atoms with E-state index >= 15 is 0 Å². The van der Waals surface area contributed by atoms with E-state index in [9.17, 15) is 17.6 Å². The number of hydrogen-bond donors (Lipinski definition) is 1. The summed E-state index contributed by atoms with van der Waals surface area (Å²) in [4.78, 5) is 12.5. The van der Waals surface area contributed by atoms with Crippen LogP contribution in [0.3, 0.4) is 0 Å². The molecule has 0 saturated heterocycles. The minimum atomic E-state index is -3.80. The molecular formula is C23H24FN3O3S. The number of carbonyl (C=O) groups excluding carboxylic acids is 1. The summed E-state index contributed by atoms with van der Waals surface area (Å²) in [5, 5.41) is 9.85. The van der Waals surface area contributed by atoms with Gasteiger partial charge in [-0.2, -0.15) is 5.10 Å². The first kappa shape index (κ1) is 21.4. The molecule has 1 saturated carbocycles. The van der Waals surface area contributed by atoms with E-state index in [2.05, 4.69) is 5.10 Å². The van der Waals surface area contributed by atoms with Crippen LogP contribution < -0.4 is 5.14 Å². The fourth-order valence-electron chi connectivity index (χ4n) is 4.06. The van der Waals surface area contributed by atoms with Crippen LogP contribution in [-0.4, -0.2) is 24.0 Å². The SMILES string of the molecule is NS(=O)(=O)c1ccc(-n2nc(CCC(=O)C3CCCC3)cc2-c2ccc(F)cc2)cc1. The summed E-state index contributed by atoms with van der Waals surface area (Å²) in [7, 11) is -3.80. The van der Waals surface area contributed by atoms with Crippen LogP contribution in [0.15, 0.2) is 59.5 Å². The van der Waals surface area contributed by atoms with E-state index < -0.39 is 10.0 Å². The minimum Gasteiger partial charge on any atom is -0.299 e. The van der Waals surface area contributed by atoms with Crippen LogP contribution in [0, 0.1) is 11.7 Å². The van der Waals surface area contributed by atoms with E-state index in [-0.39, 0.29) is 22.4 Å². The number of sulfonamides is 1. The quantitative estimate of drug-likeness (QED) is 0.599. The minimum absolute atomic E-state index is 0.00845. The van der Waals surface area contributed by atoms with Gasteiger partial charge in [0.25, 0.3) is 0 Å². The lowest BCUT2D eigenvalue weighted by atomic mass is 9.98. The zero-order valence-corrected chi connectivity index (χ0v) is 17.8. The zero-order chi connectivity index (χ0) is 22.0. The highest BCUT2D eigenvalue weighted by molar-refractivity contribution is 7.89. The van der Waals surface area contributed by atoms with Crippen molar-refractivity contribution in [3.05, 3.63) is 66.1 Å². The highest BCUT2D eigenvalue weighted by atomic mass is 32.2. The largest absolute Gasteiger partial charge is 0.299 e. The Balaban J connectivity index is 1.65. The third kappa shape index (κ3) is 4.91. The van der Waals surface area contributed by atoms with E-state index in [0.29, 0.717) is 18.5 Å². The summed E-state index contributed by atoms with van der Waals surface area (Å²) in [6.07, 6.45) is 5.15. The second-order valence-corrected chi connectivity index (χ2v) is 9.49. The molecule has 4 rings (SSSR count). The molecule has 31 heavy (non-hydrogen) atoms. The molecule has 1 fully saturated rings. The molecule has 0 atom stereocenters. The topological polar surface area (TPSA) is 95.1 Å². The first-order valence-electron chi connectivity index (χ1n) is 10.3. The van der Waals surface area contributed by atoms with Crippen molar-refractivity contribution in [1.82, 2.24) is 9.78 Å². The Labute approximate surface area is 180 Å². The maximum Gasteiger partial charge on any atom is 0.238 e. The van der Waals surface area contributed by atoms with E-state index in [1.165, 1.54) is 24.3 Å². The molecule has 0 radical (unpaired) electrons. The molecular weight excluding hydrogens is 417 g/mol. The maximum absolute atomic E-state index is 13.4. The number of Topliss-reactive ketones (excluding diaryl/α,β-unsaturated/α-hetero) is 1. The first-order chi connectivity index (χ1) is 14.8. The lowest BCUT2D eigenvalue weighted by Crippen LogP contribution is -2.12. The number of rotatable bonds is 7. The van der Waals surface area contributed by atoms with Crippen molar-refractivity contribution in [3.63, 3.8) is 0 Å². The summed E-state index contributed by atoms with van der Waals surface area (Å²) in [6, 6.07) is 14.0. The predicted octanol–water partition coefficient (Wildman–Crippen LogP) is 4.02. The van der Waals surface area contributed by atoms with Gasteiger partial charge in [-0.3, -0.25) is 4.79 Å². The fourth-order valence-corrected chi connectivity index (χ4v) is 4.57. The Morgan fingerprint density at radius 1 is 1.06 bits per heavy atom. The van der Waals surface area contributed by atoms with Gasteiger partial charge in [0.15, 0.2) is 0 Å². The Kier molecular flexibility index (Phi) is 6.02. The van der Waals surface area contributed by atoms with Crippen LogP contribution in [-0.2, 0) is 21.2 Å². The van der Waals surface area contributed by atoms with Crippen molar-refractivity contribution < 1.29 is 17.6 Å². The maximum atomic E-state index is 13.4. The number of halogens is 1. The number of nitrogens with zero attached hydrogens (tertiary/aromatic N) is 2. The molecule has 6 nitrogen and oxygen atoms in total. The third-order valence-corrected chi connectivity index (χ3v) is 6.68. The van der Waals surface area contributed by atoms with Crippen molar-refractivity contribution in [3.8, 4) is 16.9 Å². The van der Waals surface area contributed by atoms with Gasteiger partial charge in [0.2, 0.25) is 10.0 Å². The molecule has 1 aromatic heterocycles. The average Bonchev–Trinajstić information content (AvgIpc) is 3.42. The number of benzene rings is 2. The summed E-state index contributed by atoms with van der Waals surface area (Å²) in [6.45, 7) is 0. The van der Waals surface area contributed by atoms with Crippen molar-refractivity contribution >= 4 is 15.8 Å². The molecule has 2 N–H and O–H groups in total. The predicted molar refractivity (Wildman–Crippen MR) is 116 cm³/mol. The molecule has 162 valence electrons. The van der Waals surface area contributed by atoms with Crippen molar-refractivity contribution in [2.24, 2.45) is 11.1 Å². The van der Waals surface area contributed by atoms with Crippen LogP contribution in [0.1, 0.15) is 37.8 Å². The van der Waals surface area contributed by atoms with Gasteiger partial charge in [0, 0.05) is 17.9 Å². The standard InChI is InChI=1S/C23H24FN3O3S/c24-18-7-5-16(6-8-18)22-15-19(9-14-23(28)17-3-1-2-4-17)26-27(22)20-10-12-21(13-11-20)31(25,29)30/h5-8,10-13,15,17H,1-4,9,14H2,(H2,25,29,30). The van der Waals surface area contributed by atoms with Crippen LogP contribution in [0.2, 0.25) is 0 Å². The van der Waals surface area contributed by atoms with Gasteiger partial charge < -0.3 is 0 Å². The highest BCUT2D eigenvalue weighted by Crippen LogP contribution is 2.28. The van der Waals surface area contributed by atoms with Crippen LogP contribution in [0.25, 0.3) is 16.9 Å². The average molecular weight is 442 g/mol. The van der Waals surface area contributed by atoms with Crippen molar-refractivity contribution in [1.29, 1.82) is 0 Å². The lowest BCUT2D eigenvalue weighted by Gasteiger charge is -2.08. The van der Waals surface area contributed by atoms with Crippen LogP contribution >= 0.6 is 0 Å². The van der Waals surface area contributed by atoms with Crippen LogP contribution in [0.5, 0.6) is 0 Å². The van der Waals surface area contributed by atoms with E-state index in [0.717, 1.165) is 42.6 Å². The number of carbonyl (C=O) groups is 1. The summed E-state index contributed by atoms with van der Waals surface area (Å²) in [5.74, 6) is 0.118. The number of aromatic nitrogens is 2. The smallest absolute Gasteiger partial charge is 0.238 e. The van der Waals surface area contributed by atoms with Gasteiger partial charge in [-0.1, -0.05) is 12.8 Å². The second-order valence-electron chi connectivity index (χ2n) is 7.93. The van der Waals surface area contributed by atoms with Crippen LogP contribution in [0.4, 0.5) is 4.39 Å². The molecule has 0 unspecified atom stereocenters. The summed E-state index contributed by atoms with van der Waals surface area (Å²) in [5.41, 5.74) is 2.88. The number of primary sulfonamides is 1. The van der Waals surface area contributed by atoms with Crippen molar-refractivity contribution in [2.45, 2.75) is 43.4 Å². The lowest BCUT2D eigenvalue weighted by molar-refractivity contribution is -0.122. The number of nitrogens with two attached hydrogens (primary N) is 1. The Morgan fingerprint density at radius 3 is 2.32 bits per heavy atom. The molecule has 1 heterocycles. The van der Waals surface area contributed by atoms with Gasteiger partial charge >= 0.3 is 0 Å². The highest BCUT2D eigenvalue weighted by Gasteiger charge is 2.23. The molecule has 1 aliphatic carbocycles. The molecule has 0 amide bonds. The summed E-state index contributed by atoms with van der Waals surface area (Å²) >= 11 is 0. The first-order valence-corrected chi connectivity index (χ1v) is 11.9.